The van der Waals surface area contributed by atoms with E-state index in [0.29, 0.717) is 6.42 Å². The number of likely N-dealkylation sites (N-methyl/N-ethyl adjacent to an activating group) is 1. The number of benzene rings is 1. The Balaban J connectivity index is 2.57. The fraction of sp³-hybridized carbons (Fsp3) is 0.543. The van der Waals surface area contributed by atoms with Crippen molar-refractivity contribution in [1.82, 2.24) is 36.8 Å². The molecule has 1 aliphatic heterocycles. The Kier molecular flexibility index (Phi) is 21.7. The number of carboxylic acid groups (broad SMARTS) is 2. The van der Waals surface area contributed by atoms with Gasteiger partial charge in [0.15, 0.2) is 0 Å². The number of allylic oxidation sites excluding steroid dienone is 2. The van der Waals surface area contributed by atoms with Crippen LogP contribution >= 0.6 is 0 Å². The molecule has 7 amide bonds. The first-order valence-electron chi connectivity index (χ1n) is 21.5. The molecule has 0 aromatic heterocycles. The lowest BCUT2D eigenvalue weighted by atomic mass is 9.94. The predicted molar refractivity (Wildman–Crippen MR) is 240 cm³/mol. The van der Waals surface area contributed by atoms with Crippen LogP contribution in [0.5, 0.6) is 0 Å². The van der Waals surface area contributed by atoms with Gasteiger partial charge in [0.2, 0.25) is 35.4 Å². The smallest absolute Gasteiger partial charge is 0.327 e. The summed E-state index contributed by atoms with van der Waals surface area (Å²) in [7, 11) is 2.84. The van der Waals surface area contributed by atoms with Gasteiger partial charge in [-0.15, -0.1) is 0 Å². The second-order valence-electron chi connectivity index (χ2n) is 17.0. The van der Waals surface area contributed by atoms with Crippen LogP contribution in [-0.4, -0.2) is 125 Å². The Labute approximate surface area is 380 Å². The van der Waals surface area contributed by atoms with Crippen LogP contribution in [0.1, 0.15) is 80.2 Å². The van der Waals surface area contributed by atoms with Crippen molar-refractivity contribution < 1.29 is 58.1 Å². The van der Waals surface area contributed by atoms with E-state index in [1.54, 1.807) is 27.0 Å². The molecule has 8 N–H and O–H groups in total. The molecule has 2 unspecified atom stereocenters. The highest BCUT2D eigenvalue weighted by Gasteiger charge is 2.37. The molecular weight excluding hydrogens is 843 g/mol. The SMILES string of the molecule is C=C1C(=O)N[C@H](C)C(=O)N[C@@H](CC(C)C)C(=O)NC(C(=O)O)[C@H](C)C(=O)N[C@@H](C)C(=O)NC(/C=C/C(C)=C/[C@H](C)[C@H](Cc2ccccc2)OC)[C@H](C)C(=O)N[C@@H](C(=O)O)CCC(=O)N1C. The third-order valence-electron chi connectivity index (χ3n) is 11.1. The van der Waals surface area contributed by atoms with Gasteiger partial charge in [0.05, 0.1) is 24.0 Å². The molecule has 19 heteroatoms. The highest BCUT2D eigenvalue weighted by molar-refractivity contribution is 6.00. The maximum Gasteiger partial charge on any atom is 0.327 e. The van der Waals surface area contributed by atoms with Crippen molar-refractivity contribution in [3.63, 3.8) is 0 Å². The molecule has 1 saturated heterocycles. The molecule has 65 heavy (non-hydrogen) atoms. The van der Waals surface area contributed by atoms with Crippen molar-refractivity contribution in [2.75, 3.05) is 14.2 Å². The van der Waals surface area contributed by atoms with E-state index < -0.39 is 120 Å². The number of rotatable bonds is 11. The van der Waals surface area contributed by atoms with Crippen LogP contribution in [0.15, 0.2) is 66.4 Å². The second-order valence-corrected chi connectivity index (χ2v) is 17.0. The summed E-state index contributed by atoms with van der Waals surface area (Å²) >= 11 is 0. The van der Waals surface area contributed by atoms with Crippen LogP contribution in [0.2, 0.25) is 0 Å². The molecule has 0 bridgehead atoms. The average molecular weight is 910 g/mol. The van der Waals surface area contributed by atoms with Crippen molar-refractivity contribution in [3.8, 4) is 0 Å². The van der Waals surface area contributed by atoms with Gasteiger partial charge in [0, 0.05) is 26.5 Å². The van der Waals surface area contributed by atoms with Gasteiger partial charge in [-0.2, -0.15) is 0 Å². The average Bonchev–Trinajstić information content (AvgIpc) is 3.25. The first-order valence-corrected chi connectivity index (χ1v) is 21.5. The summed E-state index contributed by atoms with van der Waals surface area (Å²) in [5.41, 5.74) is 1.42. The topological polar surface area (TPSA) is 279 Å². The Morgan fingerprint density at radius 3 is 1.95 bits per heavy atom. The lowest BCUT2D eigenvalue weighted by Crippen LogP contribution is -2.58. The van der Waals surface area contributed by atoms with E-state index in [0.717, 1.165) is 16.0 Å². The number of amides is 7. The largest absolute Gasteiger partial charge is 0.480 e. The first kappa shape index (κ1) is 54.8. The van der Waals surface area contributed by atoms with E-state index in [1.807, 2.05) is 50.3 Å². The summed E-state index contributed by atoms with van der Waals surface area (Å²) in [6, 6.07) is 1.35. The summed E-state index contributed by atoms with van der Waals surface area (Å²) in [6.45, 7) is 16.2. The van der Waals surface area contributed by atoms with Gasteiger partial charge >= 0.3 is 11.9 Å². The minimum atomic E-state index is -1.82. The highest BCUT2D eigenvalue weighted by Crippen LogP contribution is 2.18. The quantitative estimate of drug-likeness (QED) is 0.116. The Bertz CT molecular complexity index is 1970. The van der Waals surface area contributed by atoms with Crippen molar-refractivity contribution >= 4 is 53.3 Å². The number of ether oxygens (including phenoxy) is 1. The van der Waals surface area contributed by atoms with Crippen molar-refractivity contribution in [1.29, 1.82) is 0 Å². The van der Waals surface area contributed by atoms with E-state index in [4.69, 9.17) is 4.74 Å². The molecule has 1 fully saturated rings. The molecule has 0 spiro atoms. The van der Waals surface area contributed by atoms with Crippen molar-refractivity contribution in [2.24, 2.45) is 23.7 Å². The molecule has 0 aliphatic carbocycles. The fourth-order valence-corrected chi connectivity index (χ4v) is 6.82. The second kappa shape index (κ2) is 25.8. The summed E-state index contributed by atoms with van der Waals surface area (Å²) in [6.07, 6.45) is 4.78. The van der Waals surface area contributed by atoms with Crippen LogP contribution in [0, 0.1) is 23.7 Å². The van der Waals surface area contributed by atoms with E-state index in [-0.39, 0.29) is 24.4 Å². The van der Waals surface area contributed by atoms with Crippen LogP contribution in [-0.2, 0) is 54.3 Å². The van der Waals surface area contributed by atoms with Crippen molar-refractivity contribution in [3.05, 3.63) is 72.0 Å². The molecular formula is C46H67N7O12. The van der Waals surface area contributed by atoms with Crippen LogP contribution in [0.4, 0.5) is 0 Å². The summed E-state index contributed by atoms with van der Waals surface area (Å²) in [4.78, 5) is 120. The molecule has 2 rings (SSSR count). The zero-order valence-electron chi connectivity index (χ0n) is 38.9. The normalized spacial score (nSPS) is 26.7. The minimum Gasteiger partial charge on any atom is -0.480 e. The number of hydrogen-bond acceptors (Lipinski definition) is 10. The summed E-state index contributed by atoms with van der Waals surface area (Å²) < 4.78 is 5.78. The molecule has 10 atom stereocenters. The minimum absolute atomic E-state index is 0.0331. The zero-order valence-corrected chi connectivity index (χ0v) is 38.9. The van der Waals surface area contributed by atoms with Crippen LogP contribution < -0.4 is 31.9 Å². The Hall–Kier alpha value is -6.37. The number of aliphatic carboxylic acids is 2. The Morgan fingerprint density at radius 1 is 0.800 bits per heavy atom. The number of carboxylic acids is 2. The van der Waals surface area contributed by atoms with E-state index >= 15 is 0 Å². The third-order valence-corrected chi connectivity index (χ3v) is 11.1. The van der Waals surface area contributed by atoms with Gasteiger partial charge in [-0.25, -0.2) is 9.59 Å². The molecule has 0 saturated carbocycles. The molecule has 1 heterocycles. The standard InChI is InChI=1S/C46H67N7O12/c1-24(2)21-35-44(60)52-38(46(63)64)28(6)40(56)47-29(7)41(57)49-33(18-17-25(3)22-26(4)36(65-11)23-32-15-13-12-14-16-32)27(5)39(55)50-34(45(61)62)19-20-37(54)53(10)31(9)43(59)48-30(8)42(58)51-35/h12-18,22,24,26-30,33-36,38H,9,19-21,23H2,1-8,10-11H3,(H,47,56)(H,48,59)(H,49,57)(H,50,55)(H,51,58)(H,52,60)(H,61,62)(H,63,64)/b18-17+,25-22+/t26-,27-,28-,29-,30+,33?,34+,35-,36-,38?/m0/s1. The third kappa shape index (κ3) is 17.3. The van der Waals surface area contributed by atoms with E-state index in [1.165, 1.54) is 40.8 Å². The van der Waals surface area contributed by atoms with Gasteiger partial charge in [0.25, 0.3) is 5.91 Å². The molecule has 358 valence electrons. The number of carbonyl (C=O) groups excluding carboxylic acids is 7. The molecule has 1 aromatic rings. The zero-order chi connectivity index (χ0) is 49.3. The number of nitrogens with zero attached hydrogens (tertiary/aromatic N) is 1. The van der Waals surface area contributed by atoms with Crippen molar-refractivity contribution in [2.45, 2.75) is 123 Å². The number of nitrogens with one attached hydrogen (secondary N) is 6. The number of carbonyl (C=O) groups is 9. The van der Waals surface area contributed by atoms with Gasteiger partial charge in [-0.05, 0) is 51.5 Å². The Morgan fingerprint density at radius 2 is 1.38 bits per heavy atom. The number of methoxy groups -OCH3 is 1. The van der Waals surface area contributed by atoms with Gasteiger partial charge in [-0.1, -0.05) is 95.3 Å². The fourth-order valence-electron chi connectivity index (χ4n) is 6.82. The van der Waals surface area contributed by atoms with Crippen LogP contribution in [0.3, 0.4) is 0 Å². The summed E-state index contributed by atoms with van der Waals surface area (Å²) in [5, 5.41) is 35.0. The molecule has 19 nitrogen and oxygen atoms in total. The lowest BCUT2D eigenvalue weighted by Gasteiger charge is -2.27. The number of hydrogen-bond donors (Lipinski definition) is 8. The van der Waals surface area contributed by atoms with Crippen LogP contribution in [0.25, 0.3) is 0 Å². The van der Waals surface area contributed by atoms with Gasteiger partial charge < -0.3 is 51.8 Å². The van der Waals surface area contributed by atoms with E-state index in [2.05, 4.69) is 38.5 Å². The first-order chi connectivity index (χ1) is 30.4. The summed E-state index contributed by atoms with van der Waals surface area (Å²) in [5.74, 6) is -11.9. The van der Waals surface area contributed by atoms with Gasteiger partial charge in [0.1, 0.15) is 35.9 Å². The maximum atomic E-state index is 13.7. The predicted octanol–water partition coefficient (Wildman–Crippen LogP) is 1.58. The molecule has 1 aliphatic rings. The van der Waals surface area contributed by atoms with E-state index in [9.17, 15) is 53.4 Å². The highest BCUT2D eigenvalue weighted by atomic mass is 16.5. The molecule has 0 radical (unpaired) electrons. The lowest BCUT2D eigenvalue weighted by molar-refractivity contribution is -0.146. The van der Waals surface area contributed by atoms with Gasteiger partial charge in [-0.3, -0.25) is 33.6 Å². The monoisotopic (exact) mass is 909 g/mol. The maximum absolute atomic E-state index is 13.7. The molecule has 1 aromatic carbocycles.